The first-order valence-electron chi connectivity index (χ1n) is 9.08. The first-order chi connectivity index (χ1) is 12.4. The van der Waals surface area contributed by atoms with E-state index in [4.69, 9.17) is 23.2 Å². The maximum absolute atomic E-state index is 13.2. The summed E-state index contributed by atoms with van der Waals surface area (Å²) >= 11 is 12.2. The van der Waals surface area contributed by atoms with Gasteiger partial charge < -0.3 is 10.0 Å². The minimum absolute atomic E-state index is 0.262. The summed E-state index contributed by atoms with van der Waals surface area (Å²) in [5.41, 5.74) is 1.15. The van der Waals surface area contributed by atoms with Crippen LogP contribution >= 0.6 is 23.2 Å². The summed E-state index contributed by atoms with van der Waals surface area (Å²) < 4.78 is 13.2. The van der Waals surface area contributed by atoms with Crippen LogP contribution in [0.3, 0.4) is 0 Å². The van der Waals surface area contributed by atoms with Gasteiger partial charge in [-0.3, -0.25) is 0 Å². The molecular formula is C21H22Cl2FNO. The lowest BCUT2D eigenvalue weighted by Gasteiger charge is -2.26. The molecule has 2 aromatic carbocycles. The molecule has 1 aliphatic heterocycles. The maximum atomic E-state index is 13.2. The lowest BCUT2D eigenvalue weighted by molar-refractivity contribution is 0.0314. The molecule has 1 saturated heterocycles. The molecule has 138 valence electrons. The summed E-state index contributed by atoms with van der Waals surface area (Å²) in [5.74, 6) is 0.721. The van der Waals surface area contributed by atoms with E-state index in [0.29, 0.717) is 16.9 Å². The van der Waals surface area contributed by atoms with Gasteiger partial charge in [0.25, 0.3) is 0 Å². The van der Waals surface area contributed by atoms with Crippen molar-refractivity contribution in [2.45, 2.75) is 24.9 Å². The highest BCUT2D eigenvalue weighted by Crippen LogP contribution is 2.48. The fourth-order valence-electron chi connectivity index (χ4n) is 4.63. The van der Waals surface area contributed by atoms with Gasteiger partial charge in [-0.25, -0.2) is 4.39 Å². The zero-order valence-corrected chi connectivity index (χ0v) is 16.0. The van der Waals surface area contributed by atoms with E-state index >= 15 is 0 Å². The van der Waals surface area contributed by atoms with Crippen LogP contribution in [0.5, 0.6) is 0 Å². The van der Waals surface area contributed by atoms with Gasteiger partial charge >= 0.3 is 0 Å². The van der Waals surface area contributed by atoms with Gasteiger partial charge in [0, 0.05) is 29.7 Å². The third-order valence-corrected chi connectivity index (χ3v) is 6.53. The van der Waals surface area contributed by atoms with Crippen molar-refractivity contribution in [2.24, 2.45) is 11.8 Å². The van der Waals surface area contributed by atoms with E-state index in [1.165, 1.54) is 12.1 Å². The highest BCUT2D eigenvalue weighted by Gasteiger charge is 2.48. The van der Waals surface area contributed by atoms with Crippen molar-refractivity contribution in [1.82, 2.24) is 4.90 Å². The second kappa shape index (κ2) is 7.12. The summed E-state index contributed by atoms with van der Waals surface area (Å²) in [7, 11) is 0. The summed E-state index contributed by atoms with van der Waals surface area (Å²) in [5, 5.41) is 12.4. The third-order valence-electron chi connectivity index (χ3n) is 5.95. The first-order valence-corrected chi connectivity index (χ1v) is 9.83. The Bertz CT molecular complexity index is 781. The van der Waals surface area contributed by atoms with Crippen LogP contribution in [-0.4, -0.2) is 29.6 Å². The molecule has 1 saturated carbocycles. The lowest BCUT2D eigenvalue weighted by atomic mass is 9.90. The monoisotopic (exact) mass is 393 g/mol. The zero-order valence-electron chi connectivity index (χ0n) is 14.5. The van der Waals surface area contributed by atoms with Crippen LogP contribution in [0.25, 0.3) is 0 Å². The van der Waals surface area contributed by atoms with Crippen molar-refractivity contribution in [3.63, 3.8) is 0 Å². The Morgan fingerprint density at radius 2 is 1.69 bits per heavy atom. The van der Waals surface area contributed by atoms with Crippen molar-refractivity contribution >= 4 is 23.2 Å². The van der Waals surface area contributed by atoms with Crippen LogP contribution in [0.15, 0.2) is 42.5 Å². The van der Waals surface area contributed by atoms with Crippen molar-refractivity contribution in [2.75, 3.05) is 19.6 Å². The van der Waals surface area contributed by atoms with E-state index in [0.717, 1.165) is 55.0 Å². The minimum atomic E-state index is -0.811. The average Bonchev–Trinajstić information content (AvgIpc) is 3.09. The molecule has 2 nitrogen and oxygen atoms in total. The smallest absolute Gasteiger partial charge is 0.123 e. The Morgan fingerprint density at radius 1 is 1.04 bits per heavy atom. The van der Waals surface area contributed by atoms with Gasteiger partial charge in [0.15, 0.2) is 0 Å². The molecule has 0 unspecified atom stereocenters. The van der Waals surface area contributed by atoms with E-state index in [2.05, 4.69) is 4.90 Å². The van der Waals surface area contributed by atoms with Crippen LogP contribution < -0.4 is 0 Å². The van der Waals surface area contributed by atoms with E-state index in [-0.39, 0.29) is 5.82 Å². The van der Waals surface area contributed by atoms with E-state index < -0.39 is 5.60 Å². The molecule has 3 atom stereocenters. The summed E-state index contributed by atoms with van der Waals surface area (Å²) in [6.45, 7) is 2.96. The molecule has 1 aliphatic carbocycles. The molecule has 0 amide bonds. The molecule has 0 spiro atoms. The van der Waals surface area contributed by atoms with Crippen LogP contribution in [0, 0.1) is 17.7 Å². The predicted octanol–water partition coefficient (Wildman–Crippen LogP) is 4.90. The number of rotatable bonds is 4. The maximum Gasteiger partial charge on any atom is 0.123 e. The standard InChI is InChI=1S/C21H22Cl2FNO/c22-18-4-1-14(20(23)9-18)7-8-25-12-15-10-21(26,11-16(15)13-25)17-2-5-19(24)6-3-17/h1-6,9,15-16,26H,7-8,10-13H2/t15-,16+,21-. The largest absolute Gasteiger partial charge is 0.385 e. The molecule has 0 radical (unpaired) electrons. The SMILES string of the molecule is O[C@@]1(c2ccc(F)cc2)C[C@H]2CN(CCc3ccc(Cl)cc3Cl)C[C@H]2C1. The van der Waals surface area contributed by atoms with Gasteiger partial charge in [-0.15, -0.1) is 0 Å². The number of hydrogen-bond acceptors (Lipinski definition) is 2. The van der Waals surface area contributed by atoms with Gasteiger partial charge in [0.05, 0.1) is 5.60 Å². The van der Waals surface area contributed by atoms with Crippen LogP contribution in [0.4, 0.5) is 4.39 Å². The minimum Gasteiger partial charge on any atom is -0.385 e. The number of halogens is 3. The van der Waals surface area contributed by atoms with E-state index in [1.807, 2.05) is 12.1 Å². The average molecular weight is 394 g/mol. The Morgan fingerprint density at radius 3 is 2.31 bits per heavy atom. The number of aliphatic hydroxyl groups is 1. The van der Waals surface area contributed by atoms with Crippen molar-refractivity contribution in [3.05, 3.63) is 69.5 Å². The number of benzene rings is 2. The van der Waals surface area contributed by atoms with Crippen molar-refractivity contribution < 1.29 is 9.50 Å². The Balaban J connectivity index is 1.35. The zero-order chi connectivity index (χ0) is 18.3. The van der Waals surface area contributed by atoms with Crippen molar-refractivity contribution in [3.8, 4) is 0 Å². The number of fused-ring (bicyclic) bond motifs is 1. The van der Waals surface area contributed by atoms with Crippen LogP contribution in [0.1, 0.15) is 24.0 Å². The summed E-state index contributed by atoms with van der Waals surface area (Å²) in [6.07, 6.45) is 2.40. The van der Waals surface area contributed by atoms with Gasteiger partial charge in [0.2, 0.25) is 0 Å². The molecule has 1 N–H and O–H groups in total. The topological polar surface area (TPSA) is 23.5 Å². The van der Waals surface area contributed by atoms with Gasteiger partial charge in [0.1, 0.15) is 5.82 Å². The second-order valence-electron chi connectivity index (χ2n) is 7.71. The van der Waals surface area contributed by atoms with Gasteiger partial charge in [-0.2, -0.15) is 0 Å². The summed E-state index contributed by atoms with van der Waals surface area (Å²) in [6, 6.07) is 12.0. The fraction of sp³-hybridized carbons (Fsp3) is 0.429. The molecule has 2 aromatic rings. The molecule has 2 fully saturated rings. The van der Waals surface area contributed by atoms with Gasteiger partial charge in [-0.1, -0.05) is 41.4 Å². The molecule has 0 aromatic heterocycles. The van der Waals surface area contributed by atoms with Crippen molar-refractivity contribution in [1.29, 1.82) is 0 Å². The quantitative estimate of drug-likeness (QED) is 0.797. The van der Waals surface area contributed by atoms with E-state index in [1.54, 1.807) is 18.2 Å². The third kappa shape index (κ3) is 3.63. The Kier molecular flexibility index (Phi) is 5.00. The fourth-order valence-corrected chi connectivity index (χ4v) is 5.13. The first kappa shape index (κ1) is 18.2. The molecule has 4 rings (SSSR count). The Labute approximate surface area is 163 Å². The summed E-state index contributed by atoms with van der Waals surface area (Å²) in [4.78, 5) is 2.46. The molecule has 0 bridgehead atoms. The highest BCUT2D eigenvalue weighted by atomic mass is 35.5. The number of likely N-dealkylation sites (tertiary alicyclic amines) is 1. The normalized spacial score (nSPS) is 28.5. The molecule has 2 aliphatic rings. The highest BCUT2D eigenvalue weighted by molar-refractivity contribution is 6.35. The van der Waals surface area contributed by atoms with Crippen LogP contribution in [-0.2, 0) is 12.0 Å². The number of nitrogens with zero attached hydrogens (tertiary/aromatic N) is 1. The van der Waals surface area contributed by atoms with Crippen LogP contribution in [0.2, 0.25) is 10.0 Å². The molecular weight excluding hydrogens is 372 g/mol. The molecule has 5 heteroatoms. The second-order valence-corrected chi connectivity index (χ2v) is 8.56. The Hall–Kier alpha value is -1.13. The predicted molar refractivity (Wildman–Crippen MR) is 103 cm³/mol. The molecule has 1 heterocycles. The molecule has 26 heavy (non-hydrogen) atoms. The lowest BCUT2D eigenvalue weighted by Crippen LogP contribution is -2.29. The number of hydrogen-bond donors (Lipinski definition) is 1. The van der Waals surface area contributed by atoms with Gasteiger partial charge in [-0.05, 0) is 66.5 Å². The van der Waals surface area contributed by atoms with E-state index in [9.17, 15) is 9.50 Å².